The molecule has 1 aromatic carbocycles. The zero-order valence-corrected chi connectivity index (χ0v) is 19.7. The Bertz CT molecular complexity index is 612. The molecule has 0 fully saturated rings. The largest absolute Gasteiger partial charge is 0.493 e. The van der Waals surface area contributed by atoms with Crippen molar-refractivity contribution in [1.29, 1.82) is 0 Å². The fraction of sp³-hybridized carbons (Fsp3) is 0.579. The summed E-state index contributed by atoms with van der Waals surface area (Å²) in [6.45, 7) is 6.52. The first-order valence-electron chi connectivity index (χ1n) is 9.15. The standard InChI is InChI=1S/C19H32N4O4.HI/c1-6-26-12-8-11-20-19(21-14-18(24)23(3)4)22-15-9-10-16(25-5)17(13-15)27-7-2;/h9-10,13H,6-8,11-12,14H2,1-5H3,(H2,20,21,22);1H. The number of carbonyl (C=O) groups excluding carboxylic acids is 1. The number of halogens is 1. The van der Waals surface area contributed by atoms with Crippen LogP contribution in [-0.2, 0) is 9.53 Å². The Morgan fingerprint density at radius 1 is 1.18 bits per heavy atom. The first kappa shape index (κ1) is 26.2. The van der Waals surface area contributed by atoms with E-state index >= 15 is 0 Å². The van der Waals surface area contributed by atoms with Gasteiger partial charge in [-0.05, 0) is 32.4 Å². The number of hydrogen-bond donors (Lipinski definition) is 2. The molecule has 1 amide bonds. The molecule has 8 nitrogen and oxygen atoms in total. The van der Waals surface area contributed by atoms with Crippen molar-refractivity contribution in [2.24, 2.45) is 4.99 Å². The number of guanidine groups is 1. The Hall–Kier alpha value is -1.75. The van der Waals surface area contributed by atoms with Gasteiger partial charge >= 0.3 is 0 Å². The average molecular weight is 508 g/mol. The average Bonchev–Trinajstić information content (AvgIpc) is 2.65. The number of benzene rings is 1. The van der Waals surface area contributed by atoms with Crippen molar-refractivity contribution in [3.63, 3.8) is 0 Å². The van der Waals surface area contributed by atoms with Gasteiger partial charge in [0.05, 0.1) is 13.7 Å². The topological polar surface area (TPSA) is 84.4 Å². The number of methoxy groups -OCH3 is 1. The number of likely N-dealkylation sites (N-methyl/N-ethyl adjacent to an activating group) is 1. The van der Waals surface area contributed by atoms with Crippen molar-refractivity contribution in [2.75, 3.05) is 59.4 Å². The van der Waals surface area contributed by atoms with E-state index in [1.165, 1.54) is 4.90 Å². The van der Waals surface area contributed by atoms with Crippen LogP contribution in [-0.4, -0.2) is 70.9 Å². The Morgan fingerprint density at radius 3 is 2.54 bits per heavy atom. The highest BCUT2D eigenvalue weighted by Gasteiger charge is 2.08. The number of amides is 1. The summed E-state index contributed by atoms with van der Waals surface area (Å²) in [6, 6.07) is 5.53. The first-order valence-corrected chi connectivity index (χ1v) is 9.15. The maximum absolute atomic E-state index is 11.8. The molecule has 0 bridgehead atoms. The van der Waals surface area contributed by atoms with Crippen molar-refractivity contribution >= 4 is 41.5 Å². The molecule has 1 rings (SSSR count). The second kappa shape index (κ2) is 15.2. The summed E-state index contributed by atoms with van der Waals surface area (Å²) in [7, 11) is 5.02. The van der Waals surface area contributed by atoms with Crippen LogP contribution in [0.4, 0.5) is 5.69 Å². The summed E-state index contributed by atoms with van der Waals surface area (Å²) in [5.41, 5.74) is 0.785. The van der Waals surface area contributed by atoms with E-state index in [2.05, 4.69) is 15.6 Å². The predicted octanol–water partition coefficient (Wildman–Crippen LogP) is 2.58. The highest BCUT2D eigenvalue weighted by atomic mass is 127. The number of nitrogens with one attached hydrogen (secondary N) is 2. The van der Waals surface area contributed by atoms with Gasteiger partial charge in [-0.25, -0.2) is 4.99 Å². The molecule has 0 atom stereocenters. The van der Waals surface area contributed by atoms with Crippen LogP contribution in [0.1, 0.15) is 20.3 Å². The smallest absolute Gasteiger partial charge is 0.243 e. The van der Waals surface area contributed by atoms with Crippen LogP contribution in [0.3, 0.4) is 0 Å². The summed E-state index contributed by atoms with van der Waals surface area (Å²) in [5.74, 6) is 1.75. The molecule has 0 aromatic heterocycles. The monoisotopic (exact) mass is 508 g/mol. The van der Waals surface area contributed by atoms with Crippen LogP contribution in [0, 0.1) is 0 Å². The van der Waals surface area contributed by atoms with E-state index in [1.54, 1.807) is 21.2 Å². The van der Waals surface area contributed by atoms with E-state index in [1.807, 2.05) is 32.0 Å². The molecule has 0 saturated heterocycles. The third kappa shape index (κ3) is 9.98. The van der Waals surface area contributed by atoms with Gasteiger partial charge in [0, 0.05) is 45.6 Å². The summed E-state index contributed by atoms with van der Waals surface area (Å²) >= 11 is 0. The normalized spacial score (nSPS) is 10.7. The minimum Gasteiger partial charge on any atom is -0.493 e. The molecule has 0 saturated carbocycles. The first-order chi connectivity index (χ1) is 13.0. The number of hydrogen-bond acceptors (Lipinski definition) is 5. The van der Waals surface area contributed by atoms with Gasteiger partial charge in [0.15, 0.2) is 17.5 Å². The van der Waals surface area contributed by atoms with Gasteiger partial charge < -0.3 is 29.7 Å². The van der Waals surface area contributed by atoms with Gasteiger partial charge in [-0.15, -0.1) is 24.0 Å². The second-order valence-electron chi connectivity index (χ2n) is 5.85. The lowest BCUT2D eigenvalue weighted by Crippen LogP contribution is -2.34. The quantitative estimate of drug-likeness (QED) is 0.207. The van der Waals surface area contributed by atoms with Crippen molar-refractivity contribution in [3.05, 3.63) is 18.2 Å². The van der Waals surface area contributed by atoms with Gasteiger partial charge in [0.25, 0.3) is 0 Å². The van der Waals surface area contributed by atoms with E-state index in [9.17, 15) is 4.79 Å². The molecule has 2 N–H and O–H groups in total. The number of ether oxygens (including phenoxy) is 3. The van der Waals surface area contributed by atoms with E-state index in [4.69, 9.17) is 14.2 Å². The number of carbonyl (C=O) groups is 1. The molecule has 0 heterocycles. The lowest BCUT2D eigenvalue weighted by molar-refractivity contribution is -0.127. The van der Waals surface area contributed by atoms with Crippen LogP contribution in [0.2, 0.25) is 0 Å². The van der Waals surface area contributed by atoms with Gasteiger partial charge in [0.1, 0.15) is 6.54 Å². The second-order valence-corrected chi connectivity index (χ2v) is 5.85. The SMILES string of the molecule is CCOCCCNC(=NCC(=O)N(C)C)Nc1ccc(OC)c(OCC)c1.I. The third-order valence-corrected chi connectivity index (χ3v) is 3.56. The molecule has 9 heteroatoms. The lowest BCUT2D eigenvalue weighted by atomic mass is 10.2. The van der Waals surface area contributed by atoms with Crippen LogP contribution >= 0.6 is 24.0 Å². The summed E-state index contributed by atoms with van der Waals surface area (Å²) in [4.78, 5) is 17.7. The van der Waals surface area contributed by atoms with E-state index in [-0.39, 0.29) is 36.4 Å². The Morgan fingerprint density at radius 2 is 1.93 bits per heavy atom. The third-order valence-electron chi connectivity index (χ3n) is 3.56. The molecule has 28 heavy (non-hydrogen) atoms. The number of anilines is 1. The minimum absolute atomic E-state index is 0. The van der Waals surface area contributed by atoms with Crippen LogP contribution in [0.5, 0.6) is 11.5 Å². The minimum atomic E-state index is -0.0739. The van der Waals surface area contributed by atoms with E-state index < -0.39 is 0 Å². The Kier molecular flexibility index (Phi) is 14.3. The van der Waals surface area contributed by atoms with Crippen molar-refractivity contribution in [1.82, 2.24) is 10.2 Å². The highest BCUT2D eigenvalue weighted by molar-refractivity contribution is 14.0. The molecular weight excluding hydrogens is 475 g/mol. The van der Waals surface area contributed by atoms with Crippen molar-refractivity contribution < 1.29 is 19.0 Å². The maximum atomic E-state index is 11.8. The fourth-order valence-electron chi connectivity index (χ4n) is 2.11. The van der Waals surface area contributed by atoms with Gasteiger partial charge in [-0.2, -0.15) is 0 Å². The molecule has 0 aliphatic rings. The zero-order chi connectivity index (χ0) is 20.1. The predicted molar refractivity (Wildman–Crippen MR) is 123 cm³/mol. The molecule has 0 spiro atoms. The lowest BCUT2D eigenvalue weighted by Gasteiger charge is -2.15. The Balaban J connectivity index is 0.00000729. The van der Waals surface area contributed by atoms with Gasteiger partial charge in [0.2, 0.25) is 5.91 Å². The number of rotatable bonds is 11. The maximum Gasteiger partial charge on any atom is 0.243 e. The van der Waals surface area contributed by atoms with Crippen molar-refractivity contribution in [2.45, 2.75) is 20.3 Å². The summed E-state index contributed by atoms with van der Waals surface area (Å²) in [5, 5.41) is 6.42. The molecular formula is C19H33IN4O4. The molecule has 0 aliphatic carbocycles. The van der Waals surface area contributed by atoms with Crippen molar-refractivity contribution in [3.8, 4) is 11.5 Å². The molecule has 0 aliphatic heterocycles. The summed E-state index contributed by atoms with van der Waals surface area (Å²) < 4.78 is 16.2. The van der Waals surface area contributed by atoms with E-state index in [0.717, 1.165) is 12.1 Å². The molecule has 0 radical (unpaired) electrons. The van der Waals surface area contributed by atoms with Gasteiger partial charge in [-0.1, -0.05) is 0 Å². The van der Waals surface area contributed by atoms with Crippen LogP contribution in [0.25, 0.3) is 0 Å². The molecule has 0 unspecified atom stereocenters. The fourth-order valence-corrected chi connectivity index (χ4v) is 2.11. The Labute approximate surface area is 185 Å². The summed E-state index contributed by atoms with van der Waals surface area (Å²) in [6.07, 6.45) is 0.836. The zero-order valence-electron chi connectivity index (χ0n) is 17.4. The molecule has 1 aromatic rings. The number of aliphatic imine (C=N–C) groups is 1. The van der Waals surface area contributed by atoms with Crippen LogP contribution in [0.15, 0.2) is 23.2 Å². The number of nitrogens with zero attached hydrogens (tertiary/aromatic N) is 2. The van der Waals surface area contributed by atoms with Gasteiger partial charge in [-0.3, -0.25) is 4.79 Å². The van der Waals surface area contributed by atoms with E-state index in [0.29, 0.717) is 43.8 Å². The van der Waals surface area contributed by atoms with Crippen LogP contribution < -0.4 is 20.1 Å². The molecule has 160 valence electrons. The highest BCUT2D eigenvalue weighted by Crippen LogP contribution is 2.30.